The van der Waals surface area contributed by atoms with E-state index in [1.165, 1.54) is 23.2 Å². The number of aryl methyl sites for hydroxylation is 1. The van der Waals surface area contributed by atoms with Crippen LogP contribution in [-0.2, 0) is 9.47 Å². The van der Waals surface area contributed by atoms with E-state index in [1.54, 1.807) is 13.2 Å². The van der Waals surface area contributed by atoms with Gasteiger partial charge in [-0.25, -0.2) is 19.6 Å². The van der Waals surface area contributed by atoms with Crippen molar-refractivity contribution >= 4 is 40.3 Å². The topological polar surface area (TPSA) is 115 Å². The number of nitrogens with zero attached hydrogens (tertiary/aromatic N) is 4. The summed E-state index contributed by atoms with van der Waals surface area (Å²) >= 11 is 0. The van der Waals surface area contributed by atoms with Crippen LogP contribution >= 0.6 is 0 Å². The number of fused-ring (bicyclic) bond motifs is 1. The first-order valence-corrected chi connectivity index (χ1v) is 12.7. The van der Waals surface area contributed by atoms with Crippen LogP contribution in [0, 0.1) is 13.8 Å². The van der Waals surface area contributed by atoms with Gasteiger partial charge in [-0.3, -0.25) is 9.80 Å². The lowest BCUT2D eigenvalue weighted by Crippen LogP contribution is -2.66. The number of carbonyl (C=O) groups is 2. The van der Waals surface area contributed by atoms with Gasteiger partial charge < -0.3 is 24.3 Å². The molecule has 3 aromatic rings. The van der Waals surface area contributed by atoms with Crippen molar-refractivity contribution in [3.05, 3.63) is 41.7 Å². The number of hydrogen-bond acceptors (Lipinski definition) is 9. The van der Waals surface area contributed by atoms with E-state index in [-0.39, 0.29) is 19.6 Å². The number of amides is 2. The fourth-order valence-corrected chi connectivity index (χ4v) is 5.03. The molecule has 2 aromatic carbocycles. The number of hydrogen-bond donors (Lipinski definition) is 1. The number of aromatic nitrogens is 2. The Morgan fingerprint density at radius 2 is 1.82 bits per heavy atom. The van der Waals surface area contributed by atoms with Crippen LogP contribution in [0.15, 0.2) is 30.6 Å². The highest BCUT2D eigenvalue weighted by Gasteiger charge is 2.56. The predicted molar refractivity (Wildman–Crippen MR) is 146 cm³/mol. The summed E-state index contributed by atoms with van der Waals surface area (Å²) in [6.07, 6.45) is 0.535. The molecule has 5 rings (SSSR count). The molecule has 1 spiro atoms. The minimum Gasteiger partial charge on any atom is -0.496 e. The van der Waals surface area contributed by atoms with E-state index in [2.05, 4.69) is 15.3 Å². The molecule has 2 amide bonds. The van der Waals surface area contributed by atoms with Gasteiger partial charge in [-0.05, 0) is 52.3 Å². The smallest absolute Gasteiger partial charge is 0.415 e. The number of ether oxygens (including phenoxy) is 4. The molecule has 1 aromatic heterocycles. The van der Waals surface area contributed by atoms with Crippen molar-refractivity contribution in [3.8, 4) is 11.5 Å². The molecular weight excluding hydrogens is 502 g/mol. The first-order chi connectivity index (χ1) is 18.4. The normalized spacial score (nSPS) is 16.2. The van der Waals surface area contributed by atoms with Crippen LogP contribution in [0.3, 0.4) is 0 Å². The molecule has 206 valence electrons. The highest BCUT2D eigenvalue weighted by Crippen LogP contribution is 2.42. The molecule has 3 heterocycles. The summed E-state index contributed by atoms with van der Waals surface area (Å²) in [6, 6.07) is 7.54. The molecule has 0 bridgehead atoms. The Kier molecular flexibility index (Phi) is 6.40. The van der Waals surface area contributed by atoms with Gasteiger partial charge in [0.15, 0.2) is 5.60 Å². The van der Waals surface area contributed by atoms with Crippen molar-refractivity contribution in [2.24, 2.45) is 0 Å². The number of anilines is 3. The molecular formula is C28H33N5O6. The average Bonchev–Trinajstić information content (AvgIpc) is 3.21. The Morgan fingerprint density at radius 1 is 1.08 bits per heavy atom. The molecule has 0 unspecified atom stereocenters. The summed E-state index contributed by atoms with van der Waals surface area (Å²) in [5, 5.41) is 4.09. The minimum atomic E-state index is -0.808. The highest BCUT2D eigenvalue weighted by atomic mass is 16.6. The fourth-order valence-electron chi connectivity index (χ4n) is 5.03. The zero-order valence-electron chi connectivity index (χ0n) is 23.2. The quantitative estimate of drug-likeness (QED) is 0.484. The third kappa shape index (κ3) is 4.84. The Balaban J connectivity index is 1.44. The molecule has 0 aliphatic carbocycles. The van der Waals surface area contributed by atoms with Crippen LogP contribution in [0.4, 0.5) is 26.8 Å². The summed E-state index contributed by atoms with van der Waals surface area (Å²) in [5.41, 5.74) is 2.58. The van der Waals surface area contributed by atoms with Crippen molar-refractivity contribution in [2.75, 3.05) is 44.1 Å². The summed E-state index contributed by atoms with van der Waals surface area (Å²) in [4.78, 5) is 37.5. The maximum absolute atomic E-state index is 13.1. The van der Waals surface area contributed by atoms with E-state index in [9.17, 15) is 9.59 Å². The number of likely N-dealkylation sites (tertiary alicyclic amines) is 1. The Morgan fingerprint density at radius 3 is 2.49 bits per heavy atom. The zero-order valence-corrected chi connectivity index (χ0v) is 23.2. The Labute approximate surface area is 227 Å². The molecule has 2 aliphatic rings. The SMILES string of the molecule is COc1cc2ncnc(Nc3ccc(C)c(OC)c3C)c2cc1N1CC2(CN(C(=O)OC(C)(C)C)C2)OC1=O. The predicted octanol–water partition coefficient (Wildman–Crippen LogP) is 4.95. The zero-order chi connectivity index (χ0) is 28.1. The number of rotatable bonds is 5. The summed E-state index contributed by atoms with van der Waals surface area (Å²) < 4.78 is 22.4. The largest absolute Gasteiger partial charge is 0.496 e. The van der Waals surface area contributed by atoms with E-state index < -0.39 is 23.4 Å². The fraction of sp³-hybridized carbons (Fsp3) is 0.429. The van der Waals surface area contributed by atoms with Gasteiger partial charge in [-0.1, -0.05) is 6.07 Å². The van der Waals surface area contributed by atoms with E-state index in [4.69, 9.17) is 18.9 Å². The van der Waals surface area contributed by atoms with Crippen molar-refractivity contribution in [1.29, 1.82) is 0 Å². The maximum atomic E-state index is 13.1. The van der Waals surface area contributed by atoms with Crippen LogP contribution in [0.1, 0.15) is 31.9 Å². The molecule has 11 heteroatoms. The van der Waals surface area contributed by atoms with Gasteiger partial charge in [0.2, 0.25) is 0 Å². The van der Waals surface area contributed by atoms with Crippen molar-refractivity contribution in [2.45, 2.75) is 45.8 Å². The first kappa shape index (κ1) is 26.3. The molecule has 2 fully saturated rings. The van der Waals surface area contributed by atoms with Crippen molar-refractivity contribution in [1.82, 2.24) is 14.9 Å². The highest BCUT2D eigenvalue weighted by molar-refractivity contribution is 6.00. The number of benzene rings is 2. The van der Waals surface area contributed by atoms with Crippen LogP contribution in [0.2, 0.25) is 0 Å². The second kappa shape index (κ2) is 9.48. The van der Waals surface area contributed by atoms with Crippen molar-refractivity contribution in [3.63, 3.8) is 0 Å². The van der Waals surface area contributed by atoms with Crippen LogP contribution in [0.25, 0.3) is 10.9 Å². The molecule has 1 N–H and O–H groups in total. The lowest BCUT2D eigenvalue weighted by Gasteiger charge is -2.45. The maximum Gasteiger partial charge on any atom is 0.415 e. The van der Waals surface area contributed by atoms with Crippen LogP contribution in [-0.4, -0.2) is 72.1 Å². The Bertz CT molecular complexity index is 1460. The molecule has 0 atom stereocenters. The average molecular weight is 536 g/mol. The van der Waals surface area contributed by atoms with E-state index >= 15 is 0 Å². The third-order valence-corrected chi connectivity index (χ3v) is 6.87. The number of methoxy groups -OCH3 is 2. The molecule has 11 nitrogen and oxygen atoms in total. The Hall–Kier alpha value is -4.28. The van der Waals surface area contributed by atoms with Gasteiger partial charge in [0.25, 0.3) is 0 Å². The molecule has 0 radical (unpaired) electrons. The summed E-state index contributed by atoms with van der Waals surface area (Å²) in [7, 11) is 3.19. The lowest BCUT2D eigenvalue weighted by atomic mass is 9.94. The second-order valence-electron chi connectivity index (χ2n) is 11.0. The van der Waals surface area contributed by atoms with Gasteiger partial charge in [-0.15, -0.1) is 0 Å². The lowest BCUT2D eigenvalue weighted by molar-refractivity contribution is -0.0779. The van der Waals surface area contributed by atoms with Crippen LogP contribution < -0.4 is 19.7 Å². The van der Waals surface area contributed by atoms with E-state index in [0.29, 0.717) is 28.2 Å². The summed E-state index contributed by atoms with van der Waals surface area (Å²) in [6.45, 7) is 10.2. The van der Waals surface area contributed by atoms with Gasteiger partial charge >= 0.3 is 12.2 Å². The standard InChI is InChI=1S/C28H33N5O6/c1-16-8-9-19(17(2)23(16)37-7)31-24-18-10-21(22(36-6)11-20(18)29-15-30-24)33-14-28(39-26(33)35)12-32(13-28)25(34)38-27(3,4)5/h8-11,15H,12-14H2,1-7H3,(H,29,30,31). The van der Waals surface area contributed by atoms with E-state index in [0.717, 1.165) is 22.6 Å². The molecule has 2 saturated heterocycles. The van der Waals surface area contributed by atoms with Crippen molar-refractivity contribution < 1.29 is 28.5 Å². The van der Waals surface area contributed by atoms with E-state index in [1.807, 2.05) is 52.8 Å². The minimum absolute atomic E-state index is 0.254. The number of carbonyl (C=O) groups excluding carboxylic acids is 2. The number of nitrogens with one attached hydrogen (secondary N) is 1. The third-order valence-electron chi connectivity index (χ3n) is 6.87. The van der Waals surface area contributed by atoms with Gasteiger partial charge in [0, 0.05) is 22.7 Å². The van der Waals surface area contributed by atoms with Gasteiger partial charge in [-0.2, -0.15) is 0 Å². The van der Waals surface area contributed by atoms with Crippen LogP contribution in [0.5, 0.6) is 11.5 Å². The first-order valence-electron chi connectivity index (χ1n) is 12.7. The molecule has 39 heavy (non-hydrogen) atoms. The summed E-state index contributed by atoms with van der Waals surface area (Å²) in [5.74, 6) is 1.84. The van der Waals surface area contributed by atoms with Gasteiger partial charge in [0.1, 0.15) is 29.2 Å². The molecule has 0 saturated carbocycles. The monoisotopic (exact) mass is 535 g/mol. The van der Waals surface area contributed by atoms with Gasteiger partial charge in [0.05, 0.1) is 45.1 Å². The second-order valence-corrected chi connectivity index (χ2v) is 11.0. The molecule has 2 aliphatic heterocycles.